The average molecular weight is 265 g/mol. The minimum absolute atomic E-state index is 0.134. The number of rotatable bonds is 3. The van der Waals surface area contributed by atoms with Crippen molar-refractivity contribution in [2.75, 3.05) is 17.5 Å². The van der Waals surface area contributed by atoms with Gasteiger partial charge < -0.3 is 0 Å². The zero-order valence-corrected chi connectivity index (χ0v) is 10.2. The topological polar surface area (TPSA) is 129 Å². The molecular weight excluding hydrogens is 254 g/mol. The highest BCUT2D eigenvalue weighted by Crippen LogP contribution is 2.05. The molecule has 2 heterocycles. The second kappa shape index (κ2) is 4.76. The molecule has 2 aromatic rings. The summed E-state index contributed by atoms with van der Waals surface area (Å²) in [6.07, 6.45) is 1.09. The number of hydrogen-bond acceptors (Lipinski definition) is 7. The predicted octanol–water partition coefficient (Wildman–Crippen LogP) is -1.98. The predicted molar refractivity (Wildman–Crippen MR) is 67.0 cm³/mol. The number of aromatic amines is 2. The van der Waals surface area contributed by atoms with Gasteiger partial charge in [0, 0.05) is 20.2 Å². The van der Waals surface area contributed by atoms with Crippen molar-refractivity contribution in [1.29, 1.82) is 0 Å². The first-order chi connectivity index (χ1) is 8.97. The van der Waals surface area contributed by atoms with E-state index in [-0.39, 0.29) is 5.95 Å². The minimum atomic E-state index is -0.564. The molecule has 0 saturated heterocycles. The number of hydrazine groups is 1. The lowest BCUT2D eigenvalue weighted by Crippen LogP contribution is -2.36. The maximum Gasteiger partial charge on any atom is 0.349 e. The average Bonchev–Trinajstić information content (AvgIpc) is 2.33. The van der Waals surface area contributed by atoms with Crippen LogP contribution < -0.4 is 27.4 Å². The maximum atomic E-state index is 11.4. The van der Waals surface area contributed by atoms with Crippen molar-refractivity contribution < 1.29 is 0 Å². The van der Waals surface area contributed by atoms with Crippen molar-refractivity contribution in [1.82, 2.24) is 24.5 Å². The summed E-state index contributed by atoms with van der Waals surface area (Å²) >= 11 is 0. The summed E-state index contributed by atoms with van der Waals surface area (Å²) in [6, 6.07) is 1.23. The van der Waals surface area contributed by atoms with Gasteiger partial charge in [0.15, 0.2) is 0 Å². The SMILES string of the molecule is CN(Nc1ncnc(=O)[nH]1)c1cc(=O)[nH]c(=O)n1C. The van der Waals surface area contributed by atoms with Gasteiger partial charge in [0.05, 0.1) is 0 Å². The first-order valence-electron chi connectivity index (χ1n) is 5.19. The zero-order valence-electron chi connectivity index (χ0n) is 10.2. The summed E-state index contributed by atoms with van der Waals surface area (Å²) in [5, 5.41) is 1.37. The van der Waals surface area contributed by atoms with Crippen LogP contribution in [0, 0.1) is 0 Å². The van der Waals surface area contributed by atoms with E-state index in [9.17, 15) is 14.4 Å². The Morgan fingerprint density at radius 1 is 1.26 bits per heavy atom. The van der Waals surface area contributed by atoms with E-state index in [4.69, 9.17) is 0 Å². The molecule has 2 aromatic heterocycles. The van der Waals surface area contributed by atoms with Crippen molar-refractivity contribution in [3.05, 3.63) is 43.7 Å². The summed E-state index contributed by atoms with van der Waals surface area (Å²) in [5.41, 5.74) is 1.07. The smallest absolute Gasteiger partial charge is 0.281 e. The Labute approximate surface area is 105 Å². The molecule has 100 valence electrons. The summed E-state index contributed by atoms with van der Waals surface area (Å²) in [4.78, 5) is 45.4. The Morgan fingerprint density at radius 3 is 2.68 bits per heavy atom. The molecule has 0 aromatic carbocycles. The molecule has 0 spiro atoms. The van der Waals surface area contributed by atoms with Crippen LogP contribution in [0.2, 0.25) is 0 Å². The van der Waals surface area contributed by atoms with Gasteiger partial charge in [-0.3, -0.25) is 29.8 Å². The molecule has 0 saturated carbocycles. The highest BCUT2D eigenvalue weighted by atomic mass is 16.2. The van der Waals surface area contributed by atoms with E-state index in [1.54, 1.807) is 7.05 Å². The van der Waals surface area contributed by atoms with Gasteiger partial charge >= 0.3 is 11.4 Å². The summed E-state index contributed by atoms with van der Waals surface area (Å²) < 4.78 is 1.23. The van der Waals surface area contributed by atoms with Gasteiger partial charge in [-0.15, -0.1) is 0 Å². The van der Waals surface area contributed by atoms with Gasteiger partial charge in [-0.25, -0.2) is 14.6 Å². The molecule has 19 heavy (non-hydrogen) atoms. The van der Waals surface area contributed by atoms with Crippen molar-refractivity contribution in [2.45, 2.75) is 0 Å². The van der Waals surface area contributed by atoms with Crippen LogP contribution in [-0.2, 0) is 7.05 Å². The van der Waals surface area contributed by atoms with Crippen LogP contribution in [0.15, 0.2) is 26.8 Å². The van der Waals surface area contributed by atoms with Crippen LogP contribution in [0.25, 0.3) is 0 Å². The van der Waals surface area contributed by atoms with E-state index in [1.807, 2.05) is 0 Å². The maximum absolute atomic E-state index is 11.4. The molecule has 0 unspecified atom stereocenters. The molecule has 0 fully saturated rings. The van der Waals surface area contributed by atoms with Gasteiger partial charge in [-0.2, -0.15) is 4.98 Å². The van der Waals surface area contributed by atoms with Gasteiger partial charge in [0.25, 0.3) is 5.56 Å². The third kappa shape index (κ3) is 2.68. The Bertz CT molecular complexity index is 759. The van der Waals surface area contributed by atoms with Crippen molar-refractivity contribution in [2.24, 2.45) is 7.05 Å². The van der Waals surface area contributed by atoms with E-state index < -0.39 is 16.9 Å². The Morgan fingerprint density at radius 2 is 2.00 bits per heavy atom. The van der Waals surface area contributed by atoms with E-state index in [0.717, 1.165) is 6.33 Å². The summed E-state index contributed by atoms with van der Waals surface area (Å²) in [7, 11) is 3.06. The fourth-order valence-electron chi connectivity index (χ4n) is 1.44. The molecule has 0 bridgehead atoms. The molecule has 0 atom stereocenters. The summed E-state index contributed by atoms with van der Waals surface area (Å²) in [6.45, 7) is 0. The molecule has 0 aliphatic rings. The Kier molecular flexibility index (Phi) is 3.14. The van der Waals surface area contributed by atoms with Crippen LogP contribution in [0.3, 0.4) is 0 Å². The quantitative estimate of drug-likeness (QED) is 0.548. The summed E-state index contributed by atoms with van der Waals surface area (Å²) in [5.74, 6) is 0.434. The normalized spacial score (nSPS) is 10.2. The first kappa shape index (κ1) is 12.5. The molecule has 0 amide bonds. The first-order valence-corrected chi connectivity index (χ1v) is 5.19. The molecule has 2 rings (SSSR count). The third-order valence-corrected chi connectivity index (χ3v) is 2.34. The molecule has 3 N–H and O–H groups in total. The lowest BCUT2D eigenvalue weighted by Gasteiger charge is -2.21. The lowest BCUT2D eigenvalue weighted by atomic mass is 10.5. The van der Waals surface area contributed by atoms with Crippen molar-refractivity contribution >= 4 is 11.8 Å². The largest absolute Gasteiger partial charge is 0.349 e. The van der Waals surface area contributed by atoms with E-state index in [1.165, 1.54) is 22.7 Å². The molecular formula is C9H11N7O3. The van der Waals surface area contributed by atoms with Gasteiger partial charge in [0.1, 0.15) is 12.1 Å². The monoisotopic (exact) mass is 265 g/mol. The van der Waals surface area contributed by atoms with Gasteiger partial charge in [-0.05, 0) is 0 Å². The van der Waals surface area contributed by atoms with E-state index in [0.29, 0.717) is 5.82 Å². The van der Waals surface area contributed by atoms with Crippen LogP contribution in [0.5, 0.6) is 0 Å². The number of nitrogens with zero attached hydrogens (tertiary/aromatic N) is 4. The number of nitrogens with one attached hydrogen (secondary N) is 3. The molecule has 0 aliphatic carbocycles. The highest BCUT2D eigenvalue weighted by molar-refractivity contribution is 5.43. The standard InChI is InChI=1S/C9H11N7O3/c1-15-6(3-5(17)12-9(15)19)16(2)14-7-10-4-11-8(18)13-7/h3-4H,1-2H3,(H,12,17,19)(H2,10,11,13,14,18). The molecule has 0 aliphatic heterocycles. The third-order valence-electron chi connectivity index (χ3n) is 2.34. The van der Waals surface area contributed by atoms with Gasteiger partial charge in [-0.1, -0.05) is 0 Å². The molecule has 0 radical (unpaired) electrons. The molecule has 10 nitrogen and oxygen atoms in total. The van der Waals surface area contributed by atoms with Gasteiger partial charge in [0.2, 0.25) is 5.95 Å². The Balaban J connectivity index is 2.35. The Hall–Kier alpha value is -2.91. The van der Waals surface area contributed by atoms with E-state index >= 15 is 0 Å². The lowest BCUT2D eigenvalue weighted by molar-refractivity contribution is 0.774. The van der Waals surface area contributed by atoms with Crippen LogP contribution in [-0.4, -0.2) is 31.6 Å². The second-order valence-electron chi connectivity index (χ2n) is 3.68. The second-order valence-corrected chi connectivity index (χ2v) is 3.68. The number of hydrogen-bond donors (Lipinski definition) is 3. The van der Waals surface area contributed by atoms with E-state index in [2.05, 4.69) is 25.4 Å². The molecule has 10 heteroatoms. The van der Waals surface area contributed by atoms with Crippen LogP contribution >= 0.6 is 0 Å². The van der Waals surface area contributed by atoms with Crippen molar-refractivity contribution in [3.8, 4) is 0 Å². The minimum Gasteiger partial charge on any atom is -0.281 e. The fourth-order valence-corrected chi connectivity index (χ4v) is 1.44. The fraction of sp³-hybridized carbons (Fsp3) is 0.222. The van der Waals surface area contributed by atoms with Crippen LogP contribution in [0.4, 0.5) is 11.8 Å². The van der Waals surface area contributed by atoms with Crippen LogP contribution in [0.1, 0.15) is 0 Å². The highest BCUT2D eigenvalue weighted by Gasteiger charge is 2.08. The van der Waals surface area contributed by atoms with Crippen molar-refractivity contribution in [3.63, 3.8) is 0 Å². The number of H-pyrrole nitrogens is 2. The number of anilines is 2. The number of aromatic nitrogens is 5. The zero-order chi connectivity index (χ0) is 14.0.